The van der Waals surface area contributed by atoms with E-state index in [4.69, 9.17) is 16.0 Å². The fourth-order valence-corrected chi connectivity index (χ4v) is 2.52. The molecule has 0 atom stereocenters. The lowest BCUT2D eigenvalue weighted by molar-refractivity contribution is 0.00931. The molecule has 1 aromatic heterocycles. The minimum Gasteiger partial charge on any atom is -0.397 e. The van der Waals surface area contributed by atoms with Crippen molar-refractivity contribution in [2.24, 2.45) is 0 Å². The number of hydrogen-bond donors (Lipinski definition) is 2. The van der Waals surface area contributed by atoms with Gasteiger partial charge in [0.15, 0.2) is 0 Å². The van der Waals surface area contributed by atoms with E-state index in [-0.39, 0.29) is 12.8 Å². The summed E-state index contributed by atoms with van der Waals surface area (Å²) < 4.78 is 29.0. The lowest BCUT2D eigenvalue weighted by atomic mass is 10.0. The van der Waals surface area contributed by atoms with E-state index in [1.807, 2.05) is 26.0 Å². The molecule has 0 bridgehead atoms. The van der Waals surface area contributed by atoms with Crippen LogP contribution in [-0.2, 0) is 0 Å². The van der Waals surface area contributed by atoms with Gasteiger partial charge in [-0.3, -0.25) is 0 Å². The molecule has 0 aliphatic heterocycles. The van der Waals surface area contributed by atoms with Crippen LogP contribution in [0.2, 0.25) is 0 Å². The van der Waals surface area contributed by atoms with Crippen molar-refractivity contribution in [1.29, 1.82) is 0 Å². The minimum absolute atomic E-state index is 0.118. The number of halogens is 2. The molecule has 0 radical (unpaired) electrons. The van der Waals surface area contributed by atoms with Gasteiger partial charge < -0.3 is 16.0 Å². The zero-order valence-electron chi connectivity index (χ0n) is 12.8. The van der Waals surface area contributed by atoms with Gasteiger partial charge in [-0.15, -0.1) is 0 Å². The fourth-order valence-electron chi connectivity index (χ4n) is 2.52. The van der Waals surface area contributed by atoms with Crippen LogP contribution in [0.25, 0.3) is 11.1 Å². The molecule has 1 fully saturated rings. The lowest BCUT2D eigenvalue weighted by Gasteiger charge is -2.04. The van der Waals surface area contributed by atoms with Crippen LogP contribution in [0.3, 0.4) is 0 Å². The topological polar surface area (TPSA) is 78.1 Å². The van der Waals surface area contributed by atoms with Crippen LogP contribution in [0.1, 0.15) is 37.1 Å². The second-order valence-corrected chi connectivity index (χ2v) is 5.61. The van der Waals surface area contributed by atoms with Crippen LogP contribution >= 0.6 is 0 Å². The van der Waals surface area contributed by atoms with E-state index < -0.39 is 5.92 Å². The summed E-state index contributed by atoms with van der Waals surface area (Å²) in [5.41, 5.74) is 15.4. The summed E-state index contributed by atoms with van der Waals surface area (Å²) in [5.74, 6) is -1.52. The van der Waals surface area contributed by atoms with Gasteiger partial charge in [-0.05, 0) is 44.4 Å². The molecule has 0 unspecified atom stereocenters. The average molecular weight is 309 g/mol. The molecule has 1 heterocycles. The Kier molecular flexibility index (Phi) is 4.68. The van der Waals surface area contributed by atoms with Crippen LogP contribution in [0.5, 0.6) is 0 Å². The van der Waals surface area contributed by atoms with E-state index in [0.29, 0.717) is 24.2 Å². The molecule has 4 nitrogen and oxygen atoms in total. The summed E-state index contributed by atoms with van der Waals surface area (Å²) in [5, 5.41) is 3.90. The number of benzene rings is 1. The second-order valence-electron chi connectivity index (χ2n) is 5.61. The first-order valence-corrected chi connectivity index (χ1v) is 7.26. The van der Waals surface area contributed by atoms with Crippen molar-refractivity contribution >= 4 is 11.4 Å². The first kappa shape index (κ1) is 16.3. The molecule has 0 amide bonds. The molecule has 2 aromatic rings. The molecule has 1 saturated carbocycles. The molecule has 120 valence electrons. The molecule has 1 aliphatic carbocycles. The molecule has 0 saturated heterocycles. The molecule has 1 aromatic carbocycles. The minimum atomic E-state index is -2.31. The molecule has 3 rings (SSSR count). The van der Waals surface area contributed by atoms with E-state index in [1.54, 1.807) is 6.07 Å². The second kappa shape index (κ2) is 6.34. The largest absolute Gasteiger partial charge is 0.397 e. The first-order valence-electron chi connectivity index (χ1n) is 7.26. The van der Waals surface area contributed by atoms with E-state index in [0.717, 1.165) is 22.6 Å². The van der Waals surface area contributed by atoms with Crippen molar-refractivity contribution in [3.63, 3.8) is 0 Å². The Bertz CT molecular complexity index is 625. The zero-order valence-corrected chi connectivity index (χ0v) is 12.8. The summed E-state index contributed by atoms with van der Waals surface area (Å²) in [6.07, 6.45) is 1.67. The number of nitrogens with zero attached hydrogens (tertiary/aromatic N) is 1. The van der Waals surface area contributed by atoms with Crippen LogP contribution in [0.15, 0.2) is 22.7 Å². The van der Waals surface area contributed by atoms with Crippen molar-refractivity contribution in [1.82, 2.24) is 5.16 Å². The normalized spacial score (nSPS) is 16.2. The fraction of sp³-hybridized carbons (Fsp3) is 0.438. The van der Waals surface area contributed by atoms with Crippen molar-refractivity contribution in [2.75, 3.05) is 11.5 Å². The molecular formula is C16H21F2N3O. The van der Waals surface area contributed by atoms with E-state index in [2.05, 4.69) is 5.16 Å². The van der Waals surface area contributed by atoms with Gasteiger partial charge in [0.2, 0.25) is 5.92 Å². The average Bonchev–Trinajstić information content (AvgIpc) is 3.00. The highest BCUT2D eigenvalue weighted by Gasteiger charge is 2.32. The number of alkyl halides is 2. The molecule has 6 heteroatoms. The monoisotopic (exact) mass is 309 g/mol. The summed E-state index contributed by atoms with van der Waals surface area (Å²) in [6.45, 7) is 3.78. The number of nitrogen functional groups attached to an aromatic ring is 2. The van der Waals surface area contributed by atoms with Gasteiger partial charge in [-0.25, -0.2) is 8.78 Å². The quantitative estimate of drug-likeness (QED) is 0.769. The van der Waals surface area contributed by atoms with E-state index in [9.17, 15) is 8.78 Å². The smallest absolute Gasteiger partial charge is 0.248 e. The Morgan fingerprint density at radius 3 is 2.14 bits per heavy atom. The third kappa shape index (κ3) is 3.75. The summed E-state index contributed by atoms with van der Waals surface area (Å²) in [4.78, 5) is 0. The molecule has 22 heavy (non-hydrogen) atoms. The maximum atomic E-state index is 11.9. The van der Waals surface area contributed by atoms with Gasteiger partial charge in [-0.2, -0.15) is 0 Å². The van der Waals surface area contributed by atoms with E-state index >= 15 is 0 Å². The van der Waals surface area contributed by atoms with Crippen molar-refractivity contribution in [3.05, 3.63) is 29.7 Å². The Morgan fingerprint density at radius 1 is 1.09 bits per heavy atom. The Morgan fingerprint density at radius 2 is 1.73 bits per heavy atom. The summed E-state index contributed by atoms with van der Waals surface area (Å²) in [7, 11) is 0. The maximum Gasteiger partial charge on any atom is 0.248 e. The number of aromatic nitrogens is 1. The Balaban J connectivity index is 0.000000211. The summed E-state index contributed by atoms with van der Waals surface area (Å²) in [6, 6.07) is 5.54. The predicted molar refractivity (Wildman–Crippen MR) is 83.7 cm³/mol. The molecule has 1 aliphatic rings. The highest BCUT2D eigenvalue weighted by Crippen LogP contribution is 2.34. The van der Waals surface area contributed by atoms with Crippen LogP contribution in [0, 0.1) is 13.8 Å². The van der Waals surface area contributed by atoms with Gasteiger partial charge in [0.1, 0.15) is 5.76 Å². The van der Waals surface area contributed by atoms with Crippen molar-refractivity contribution in [3.8, 4) is 11.1 Å². The number of nitrogens with two attached hydrogens (primary N) is 2. The van der Waals surface area contributed by atoms with Crippen LogP contribution in [0.4, 0.5) is 20.2 Å². The standard InChI is InChI=1S/C11H13N3O.C5H8F2/c1-6-11(7(2)15-14-6)8-3-4-9(12)10(13)5-8;6-5(7)3-1-2-4-5/h3-5H,12-13H2,1-2H3;1-4H2. The SMILES string of the molecule is Cc1noc(C)c1-c1ccc(N)c(N)c1.FC1(F)CCCC1. The zero-order chi connectivity index (χ0) is 16.3. The predicted octanol–water partition coefficient (Wildman–Crippen LogP) is 4.32. The van der Waals surface area contributed by atoms with Gasteiger partial charge >= 0.3 is 0 Å². The number of rotatable bonds is 1. The van der Waals surface area contributed by atoms with Gasteiger partial charge in [0.05, 0.1) is 17.1 Å². The molecule has 0 spiro atoms. The molecule has 4 N–H and O–H groups in total. The first-order chi connectivity index (χ1) is 10.3. The highest BCUT2D eigenvalue weighted by atomic mass is 19.3. The maximum absolute atomic E-state index is 11.9. The summed E-state index contributed by atoms with van der Waals surface area (Å²) >= 11 is 0. The van der Waals surface area contributed by atoms with Gasteiger partial charge in [0, 0.05) is 18.4 Å². The number of aryl methyl sites for hydroxylation is 2. The number of hydrogen-bond acceptors (Lipinski definition) is 4. The molecular weight excluding hydrogens is 288 g/mol. The van der Waals surface area contributed by atoms with Crippen LogP contribution < -0.4 is 11.5 Å². The highest BCUT2D eigenvalue weighted by molar-refractivity contribution is 5.76. The Labute approximate surface area is 128 Å². The van der Waals surface area contributed by atoms with Gasteiger partial charge in [0.25, 0.3) is 0 Å². The van der Waals surface area contributed by atoms with E-state index in [1.165, 1.54) is 0 Å². The Hall–Kier alpha value is -2.11. The number of anilines is 2. The van der Waals surface area contributed by atoms with Crippen LogP contribution in [-0.4, -0.2) is 11.1 Å². The van der Waals surface area contributed by atoms with Gasteiger partial charge in [-0.1, -0.05) is 11.2 Å². The third-order valence-electron chi connectivity index (χ3n) is 3.74. The van der Waals surface area contributed by atoms with Crippen molar-refractivity contribution < 1.29 is 13.3 Å². The van der Waals surface area contributed by atoms with Crippen molar-refractivity contribution in [2.45, 2.75) is 45.5 Å². The third-order valence-corrected chi connectivity index (χ3v) is 3.74. The lowest BCUT2D eigenvalue weighted by Crippen LogP contribution is -2.06.